The molecule has 0 atom stereocenters. The molecule has 0 aliphatic heterocycles. The number of urea groups is 1. The zero-order chi connectivity index (χ0) is 18.6. The Morgan fingerprint density at radius 1 is 1.12 bits per heavy atom. The number of oxazole rings is 1. The number of hydrogen-bond acceptors (Lipinski definition) is 6. The lowest BCUT2D eigenvalue weighted by Gasteiger charge is -2.08. The molecule has 0 saturated carbocycles. The quantitative estimate of drug-likeness (QED) is 0.711. The highest BCUT2D eigenvalue weighted by atomic mass is 32.2. The van der Waals surface area contributed by atoms with Gasteiger partial charge in [-0.1, -0.05) is 6.07 Å². The number of pyridine rings is 1. The molecule has 3 aromatic rings. The molecular formula is C17H16N4O4S. The van der Waals surface area contributed by atoms with Gasteiger partial charge >= 0.3 is 6.03 Å². The molecule has 9 heteroatoms. The third-order valence-corrected chi connectivity index (χ3v) is 5.17. The lowest BCUT2D eigenvalue weighted by molar-refractivity contribution is 0.251. The van der Waals surface area contributed by atoms with Crippen LogP contribution in [0.25, 0.3) is 0 Å². The molecule has 8 nitrogen and oxygen atoms in total. The van der Waals surface area contributed by atoms with Crippen molar-refractivity contribution < 1.29 is 17.6 Å². The highest BCUT2D eigenvalue weighted by molar-refractivity contribution is 7.91. The van der Waals surface area contributed by atoms with Gasteiger partial charge in [0.15, 0.2) is 11.4 Å². The van der Waals surface area contributed by atoms with E-state index >= 15 is 0 Å². The molecule has 2 heterocycles. The Hall–Kier alpha value is -3.20. The van der Waals surface area contributed by atoms with E-state index in [-0.39, 0.29) is 16.5 Å². The topological polar surface area (TPSA) is 114 Å². The molecule has 0 spiro atoms. The number of benzene rings is 1. The predicted molar refractivity (Wildman–Crippen MR) is 93.2 cm³/mol. The highest BCUT2D eigenvalue weighted by Gasteiger charge is 2.18. The Balaban J connectivity index is 1.66. The van der Waals surface area contributed by atoms with Crippen LogP contribution in [0, 0.1) is 6.92 Å². The summed E-state index contributed by atoms with van der Waals surface area (Å²) in [6, 6.07) is 8.57. The van der Waals surface area contributed by atoms with Crippen molar-refractivity contribution >= 4 is 21.6 Å². The molecule has 0 radical (unpaired) electrons. The van der Waals surface area contributed by atoms with E-state index in [1.165, 1.54) is 49.1 Å². The molecule has 0 bridgehead atoms. The fraction of sp³-hybridized carbons (Fsp3) is 0.118. The largest absolute Gasteiger partial charge is 0.447 e. The Morgan fingerprint density at radius 2 is 1.88 bits per heavy atom. The van der Waals surface area contributed by atoms with Gasteiger partial charge in [0.25, 0.3) is 0 Å². The van der Waals surface area contributed by atoms with E-state index in [1.807, 2.05) is 6.92 Å². The fourth-order valence-corrected chi connectivity index (χ4v) is 3.30. The number of hydrogen-bond donors (Lipinski definition) is 2. The van der Waals surface area contributed by atoms with Gasteiger partial charge in [0.1, 0.15) is 5.76 Å². The SMILES string of the molecule is Cc1ccc(S(=O)(=O)c2ccc(NC(=O)NCc3cnco3)cc2)nc1. The third kappa shape index (κ3) is 4.06. The first-order chi connectivity index (χ1) is 12.4. The molecule has 2 N–H and O–H groups in total. The van der Waals surface area contributed by atoms with Gasteiger partial charge in [0.05, 0.1) is 17.6 Å². The van der Waals surface area contributed by atoms with Gasteiger partial charge in [-0.15, -0.1) is 0 Å². The number of nitrogens with one attached hydrogen (secondary N) is 2. The van der Waals surface area contributed by atoms with Gasteiger partial charge in [-0.3, -0.25) is 0 Å². The van der Waals surface area contributed by atoms with Crippen LogP contribution in [0.2, 0.25) is 0 Å². The number of carbonyl (C=O) groups excluding carboxylic acids is 1. The van der Waals surface area contributed by atoms with E-state index in [9.17, 15) is 13.2 Å². The van der Waals surface area contributed by atoms with Crippen LogP contribution < -0.4 is 10.6 Å². The van der Waals surface area contributed by atoms with Crippen molar-refractivity contribution in [2.45, 2.75) is 23.4 Å². The Labute approximate surface area is 150 Å². The van der Waals surface area contributed by atoms with Crippen molar-refractivity contribution in [3.05, 3.63) is 66.5 Å². The molecule has 134 valence electrons. The first-order valence-corrected chi connectivity index (χ1v) is 9.13. The number of rotatable bonds is 5. The number of carbonyl (C=O) groups is 1. The molecule has 26 heavy (non-hydrogen) atoms. The van der Waals surface area contributed by atoms with E-state index in [0.717, 1.165) is 5.56 Å². The molecular weight excluding hydrogens is 356 g/mol. The van der Waals surface area contributed by atoms with E-state index in [1.54, 1.807) is 6.07 Å². The minimum atomic E-state index is -3.70. The van der Waals surface area contributed by atoms with E-state index in [2.05, 4.69) is 20.6 Å². The van der Waals surface area contributed by atoms with Gasteiger partial charge in [0, 0.05) is 11.9 Å². The van der Waals surface area contributed by atoms with Crippen LogP contribution in [0.3, 0.4) is 0 Å². The maximum Gasteiger partial charge on any atom is 0.319 e. The standard InChI is InChI=1S/C17H16N4O4S/c1-12-2-7-16(19-8-12)26(23,24)15-5-3-13(4-6-15)21-17(22)20-10-14-9-18-11-25-14/h2-9,11H,10H2,1H3,(H2,20,21,22). The number of anilines is 1. The van der Waals surface area contributed by atoms with Crippen molar-refractivity contribution in [1.29, 1.82) is 0 Å². The van der Waals surface area contributed by atoms with Crippen LogP contribution in [0.1, 0.15) is 11.3 Å². The summed E-state index contributed by atoms with van der Waals surface area (Å²) in [5.41, 5.74) is 1.33. The molecule has 0 saturated heterocycles. The molecule has 2 aromatic heterocycles. The van der Waals surface area contributed by atoms with Crippen LogP contribution in [0.4, 0.5) is 10.5 Å². The van der Waals surface area contributed by atoms with E-state index < -0.39 is 15.9 Å². The zero-order valence-corrected chi connectivity index (χ0v) is 14.7. The van der Waals surface area contributed by atoms with Crippen LogP contribution in [-0.2, 0) is 16.4 Å². The lowest BCUT2D eigenvalue weighted by atomic mass is 10.3. The predicted octanol–water partition coefficient (Wildman–Crippen LogP) is 2.53. The molecule has 0 aliphatic rings. The van der Waals surface area contributed by atoms with E-state index in [4.69, 9.17) is 4.42 Å². The van der Waals surface area contributed by atoms with Crippen molar-refractivity contribution in [3.8, 4) is 0 Å². The average molecular weight is 372 g/mol. The van der Waals surface area contributed by atoms with Crippen molar-refractivity contribution in [1.82, 2.24) is 15.3 Å². The first kappa shape index (κ1) is 17.6. The number of nitrogens with zero attached hydrogens (tertiary/aromatic N) is 2. The summed E-state index contributed by atoms with van der Waals surface area (Å²) in [7, 11) is -3.70. The minimum absolute atomic E-state index is 0.0198. The van der Waals surface area contributed by atoms with Gasteiger partial charge in [-0.05, 0) is 42.8 Å². The van der Waals surface area contributed by atoms with Crippen molar-refractivity contribution in [3.63, 3.8) is 0 Å². The fourth-order valence-electron chi connectivity index (χ4n) is 2.12. The Kier molecular flexibility index (Phi) is 4.99. The van der Waals surface area contributed by atoms with Gasteiger partial charge < -0.3 is 15.1 Å². The second-order valence-corrected chi connectivity index (χ2v) is 7.37. The van der Waals surface area contributed by atoms with Crippen LogP contribution >= 0.6 is 0 Å². The first-order valence-electron chi connectivity index (χ1n) is 7.65. The summed E-state index contributed by atoms with van der Waals surface area (Å²) >= 11 is 0. The summed E-state index contributed by atoms with van der Waals surface area (Å²) < 4.78 is 30.1. The number of amides is 2. The molecule has 0 aliphatic carbocycles. The monoisotopic (exact) mass is 372 g/mol. The van der Waals surface area contributed by atoms with Crippen molar-refractivity contribution in [2.24, 2.45) is 0 Å². The zero-order valence-electron chi connectivity index (χ0n) is 13.8. The maximum atomic E-state index is 12.5. The van der Waals surface area contributed by atoms with Gasteiger partial charge in [-0.25, -0.2) is 23.2 Å². The Morgan fingerprint density at radius 3 is 2.50 bits per heavy atom. The van der Waals surface area contributed by atoms with Crippen LogP contribution in [0.5, 0.6) is 0 Å². The maximum absolute atomic E-state index is 12.5. The summed E-state index contributed by atoms with van der Waals surface area (Å²) in [4.78, 5) is 19.6. The summed E-state index contributed by atoms with van der Waals surface area (Å²) in [6.45, 7) is 2.02. The van der Waals surface area contributed by atoms with Gasteiger partial charge in [-0.2, -0.15) is 0 Å². The highest BCUT2D eigenvalue weighted by Crippen LogP contribution is 2.21. The van der Waals surface area contributed by atoms with Gasteiger partial charge in [0.2, 0.25) is 9.84 Å². The third-order valence-electron chi connectivity index (χ3n) is 3.49. The molecule has 2 amide bonds. The molecule has 0 fully saturated rings. The van der Waals surface area contributed by atoms with E-state index in [0.29, 0.717) is 11.4 Å². The molecule has 3 rings (SSSR count). The number of aromatic nitrogens is 2. The van der Waals surface area contributed by atoms with Crippen LogP contribution in [-0.4, -0.2) is 24.4 Å². The van der Waals surface area contributed by atoms with Crippen molar-refractivity contribution in [2.75, 3.05) is 5.32 Å². The second-order valence-electron chi connectivity index (χ2n) is 5.48. The lowest BCUT2D eigenvalue weighted by Crippen LogP contribution is -2.28. The minimum Gasteiger partial charge on any atom is -0.447 e. The number of aryl methyl sites for hydroxylation is 1. The summed E-state index contributed by atoms with van der Waals surface area (Å²) in [5, 5.41) is 5.19. The summed E-state index contributed by atoms with van der Waals surface area (Å²) in [6.07, 6.45) is 4.28. The normalized spacial score (nSPS) is 11.1. The Bertz CT molecular complexity index is 982. The molecule has 1 aromatic carbocycles. The van der Waals surface area contributed by atoms with Crippen LogP contribution in [0.15, 0.2) is 69.5 Å². The average Bonchev–Trinajstić information content (AvgIpc) is 3.14. The number of sulfone groups is 1. The molecule has 0 unspecified atom stereocenters. The smallest absolute Gasteiger partial charge is 0.319 e. The summed E-state index contributed by atoms with van der Waals surface area (Å²) in [5.74, 6) is 0.521. The second kappa shape index (κ2) is 7.36.